The van der Waals surface area contributed by atoms with Gasteiger partial charge in [-0.25, -0.2) is 0 Å². The molecular weight excluding hydrogens is 328 g/mol. The van der Waals surface area contributed by atoms with E-state index in [1.54, 1.807) is 0 Å². The van der Waals surface area contributed by atoms with Crippen LogP contribution in [-0.4, -0.2) is 33.8 Å². The summed E-state index contributed by atoms with van der Waals surface area (Å²) in [5.41, 5.74) is 3.04. The van der Waals surface area contributed by atoms with Crippen LogP contribution in [0.2, 0.25) is 0 Å². The Morgan fingerprint density at radius 2 is 1.88 bits per heavy atom. The van der Waals surface area contributed by atoms with E-state index in [-0.39, 0.29) is 16.2 Å². The second kappa shape index (κ2) is 7.22. The molecule has 25 heavy (non-hydrogen) atoms. The van der Waals surface area contributed by atoms with Gasteiger partial charge >= 0.3 is 0 Å². The molecule has 1 aromatic carbocycles. The zero-order valence-corrected chi connectivity index (χ0v) is 17.3. The zero-order chi connectivity index (χ0) is 18.2. The number of likely N-dealkylation sites (tertiary alicyclic amines) is 1. The lowest BCUT2D eigenvalue weighted by Crippen LogP contribution is -2.50. The normalized spacial score (nSPS) is 24.7. The SMILES string of the molecule is CC(C)CN1CCC2(CC1)Cc1ccccc1[C@H]2N[S+]([O-])C(C)(C)C. The number of nitrogens with one attached hydrogen (secondary N) is 1. The summed E-state index contributed by atoms with van der Waals surface area (Å²) >= 11 is -1.04. The predicted octanol–water partition coefficient (Wildman–Crippen LogP) is 4.07. The standard InChI is InChI=1S/C21H34N2OS/c1-16(2)15-23-12-10-21(11-13-23)14-17-8-6-7-9-18(17)19(21)22-25(24)20(3,4)5/h6-9,16,19,22H,10-15H2,1-5H3/t19-,25?/m1/s1. The van der Waals surface area contributed by atoms with Crippen LogP contribution in [0.3, 0.4) is 0 Å². The third-order valence-electron chi connectivity index (χ3n) is 5.78. The van der Waals surface area contributed by atoms with E-state index >= 15 is 0 Å². The molecule has 3 rings (SSSR count). The second-order valence-corrected chi connectivity index (χ2v) is 11.4. The Labute approximate surface area is 156 Å². The third kappa shape index (κ3) is 4.08. The molecule has 1 saturated heterocycles. The average Bonchev–Trinajstić information content (AvgIpc) is 2.82. The van der Waals surface area contributed by atoms with Gasteiger partial charge in [0.25, 0.3) is 0 Å². The van der Waals surface area contributed by atoms with Crippen LogP contribution in [0.5, 0.6) is 0 Å². The monoisotopic (exact) mass is 362 g/mol. The first-order chi connectivity index (χ1) is 11.7. The molecule has 0 radical (unpaired) electrons. The van der Waals surface area contributed by atoms with E-state index in [1.807, 2.05) is 0 Å². The fraction of sp³-hybridized carbons (Fsp3) is 0.714. The van der Waals surface area contributed by atoms with Crippen LogP contribution in [0.1, 0.15) is 64.6 Å². The Morgan fingerprint density at radius 3 is 2.48 bits per heavy atom. The van der Waals surface area contributed by atoms with Crippen molar-refractivity contribution in [3.05, 3.63) is 35.4 Å². The minimum atomic E-state index is -1.04. The van der Waals surface area contributed by atoms with Crippen molar-refractivity contribution in [3.63, 3.8) is 0 Å². The predicted molar refractivity (Wildman–Crippen MR) is 107 cm³/mol. The zero-order valence-electron chi connectivity index (χ0n) is 16.5. The quantitative estimate of drug-likeness (QED) is 0.821. The maximum atomic E-state index is 12.9. The first-order valence-corrected chi connectivity index (χ1v) is 10.8. The van der Waals surface area contributed by atoms with E-state index in [2.05, 4.69) is 68.5 Å². The Kier molecular flexibility index (Phi) is 5.55. The maximum absolute atomic E-state index is 12.9. The van der Waals surface area contributed by atoms with Gasteiger partial charge in [-0.2, -0.15) is 0 Å². The molecule has 2 aliphatic rings. The summed E-state index contributed by atoms with van der Waals surface area (Å²) in [7, 11) is 0. The van der Waals surface area contributed by atoms with Gasteiger partial charge in [0.2, 0.25) is 0 Å². The van der Waals surface area contributed by atoms with Gasteiger partial charge in [0.1, 0.15) is 4.75 Å². The van der Waals surface area contributed by atoms with Crippen molar-refractivity contribution in [3.8, 4) is 0 Å². The molecule has 0 amide bonds. The van der Waals surface area contributed by atoms with Crippen molar-refractivity contribution < 1.29 is 4.55 Å². The minimum absolute atomic E-state index is 0.213. The number of nitrogens with zero attached hydrogens (tertiary/aromatic N) is 1. The number of fused-ring (bicyclic) bond motifs is 1. The van der Waals surface area contributed by atoms with Gasteiger partial charge in [-0.3, -0.25) is 0 Å². The van der Waals surface area contributed by atoms with Gasteiger partial charge in [0.05, 0.1) is 6.04 Å². The van der Waals surface area contributed by atoms with Crippen molar-refractivity contribution in [2.24, 2.45) is 11.3 Å². The molecular formula is C21H34N2OS. The van der Waals surface area contributed by atoms with Gasteiger partial charge in [-0.15, -0.1) is 4.72 Å². The van der Waals surface area contributed by atoms with Crippen LogP contribution in [0.25, 0.3) is 0 Å². The first kappa shape index (κ1) is 19.2. The van der Waals surface area contributed by atoms with E-state index in [0.29, 0.717) is 0 Å². The summed E-state index contributed by atoms with van der Waals surface area (Å²) in [6.45, 7) is 14.3. The van der Waals surface area contributed by atoms with Crippen LogP contribution in [0, 0.1) is 11.3 Å². The molecule has 0 bridgehead atoms. The Bertz CT molecular complexity index is 588. The van der Waals surface area contributed by atoms with Crippen LogP contribution in [0.15, 0.2) is 24.3 Å². The van der Waals surface area contributed by atoms with E-state index in [0.717, 1.165) is 25.4 Å². The summed E-state index contributed by atoms with van der Waals surface area (Å²) in [5.74, 6) is 0.720. The number of hydrogen-bond donors (Lipinski definition) is 1. The topological polar surface area (TPSA) is 38.3 Å². The Morgan fingerprint density at radius 1 is 1.24 bits per heavy atom. The van der Waals surface area contributed by atoms with Crippen LogP contribution in [-0.2, 0) is 17.8 Å². The van der Waals surface area contributed by atoms with Gasteiger partial charge in [-0.05, 0) is 70.2 Å². The molecule has 1 spiro atoms. The fourth-order valence-corrected chi connectivity index (χ4v) is 5.37. The molecule has 2 atom stereocenters. The van der Waals surface area contributed by atoms with Crippen LogP contribution in [0.4, 0.5) is 0 Å². The summed E-state index contributed by atoms with van der Waals surface area (Å²) < 4.78 is 16.2. The largest absolute Gasteiger partial charge is 0.598 e. The van der Waals surface area contributed by atoms with Gasteiger partial charge in [0, 0.05) is 23.3 Å². The van der Waals surface area contributed by atoms with Crippen molar-refractivity contribution in [1.29, 1.82) is 0 Å². The molecule has 4 heteroatoms. The molecule has 3 nitrogen and oxygen atoms in total. The fourth-order valence-electron chi connectivity index (χ4n) is 4.42. The molecule has 1 aromatic rings. The molecule has 1 N–H and O–H groups in total. The number of piperidine rings is 1. The van der Waals surface area contributed by atoms with Crippen molar-refractivity contribution in [1.82, 2.24) is 9.62 Å². The van der Waals surface area contributed by atoms with Gasteiger partial charge in [-0.1, -0.05) is 38.1 Å². The van der Waals surface area contributed by atoms with E-state index < -0.39 is 11.4 Å². The molecule has 1 unspecified atom stereocenters. The van der Waals surface area contributed by atoms with E-state index in [1.165, 1.54) is 30.5 Å². The smallest absolute Gasteiger partial charge is 0.136 e. The Hall–Kier alpha value is -0.550. The molecule has 1 heterocycles. The minimum Gasteiger partial charge on any atom is -0.598 e. The van der Waals surface area contributed by atoms with Crippen molar-refractivity contribution in [2.45, 2.75) is 64.7 Å². The number of rotatable bonds is 4. The summed E-state index contributed by atoms with van der Waals surface area (Å²) in [5, 5.41) is 0. The number of hydrogen-bond acceptors (Lipinski definition) is 3. The lowest BCUT2D eigenvalue weighted by atomic mass is 9.73. The summed E-state index contributed by atoms with van der Waals surface area (Å²) in [4.78, 5) is 2.61. The molecule has 1 fully saturated rings. The van der Waals surface area contributed by atoms with Crippen LogP contribution >= 0.6 is 0 Å². The average molecular weight is 363 g/mol. The number of benzene rings is 1. The molecule has 0 saturated carbocycles. The second-order valence-electron chi connectivity index (χ2n) is 9.36. The Balaban J connectivity index is 1.81. The molecule has 0 aromatic heterocycles. The molecule has 1 aliphatic carbocycles. The molecule has 140 valence electrons. The van der Waals surface area contributed by atoms with E-state index in [9.17, 15) is 4.55 Å². The first-order valence-electron chi connectivity index (χ1n) is 9.69. The van der Waals surface area contributed by atoms with Crippen LogP contribution < -0.4 is 4.72 Å². The van der Waals surface area contributed by atoms with Crippen molar-refractivity contribution in [2.75, 3.05) is 19.6 Å². The molecule has 1 aliphatic heterocycles. The van der Waals surface area contributed by atoms with Crippen molar-refractivity contribution >= 4 is 11.4 Å². The third-order valence-corrected chi connectivity index (χ3v) is 7.34. The highest BCUT2D eigenvalue weighted by Gasteiger charge is 2.50. The maximum Gasteiger partial charge on any atom is 0.136 e. The lowest BCUT2D eigenvalue weighted by molar-refractivity contribution is 0.0773. The highest BCUT2D eigenvalue weighted by molar-refractivity contribution is 7.90. The lowest BCUT2D eigenvalue weighted by Gasteiger charge is -2.44. The summed E-state index contributed by atoms with van der Waals surface area (Å²) in [6.07, 6.45) is 3.50. The van der Waals surface area contributed by atoms with Gasteiger partial charge < -0.3 is 9.45 Å². The highest BCUT2D eigenvalue weighted by atomic mass is 32.2. The van der Waals surface area contributed by atoms with Gasteiger partial charge in [0.15, 0.2) is 0 Å². The summed E-state index contributed by atoms with van der Waals surface area (Å²) in [6, 6.07) is 8.98. The van der Waals surface area contributed by atoms with E-state index in [4.69, 9.17) is 0 Å². The highest BCUT2D eigenvalue weighted by Crippen LogP contribution is 2.52.